The largest absolute Gasteiger partial charge is 0.481 e. The van der Waals surface area contributed by atoms with Crippen LogP contribution in [0.4, 0.5) is 11.4 Å². The molecule has 1 amide bonds. The van der Waals surface area contributed by atoms with Crippen LogP contribution in [-0.2, 0) is 9.59 Å². The molecule has 0 aliphatic carbocycles. The molecule has 2 aromatic carbocycles. The van der Waals surface area contributed by atoms with Crippen LogP contribution in [0.1, 0.15) is 24.0 Å². The molecule has 2 aromatic rings. The van der Waals surface area contributed by atoms with Gasteiger partial charge in [-0.3, -0.25) is 24.7 Å². The second-order valence-corrected chi connectivity index (χ2v) is 6.37. The maximum atomic E-state index is 11.7. The molecule has 1 aliphatic rings. The molecular formula is C19H19ClN4O5. The van der Waals surface area contributed by atoms with E-state index in [4.69, 9.17) is 22.4 Å². The quantitative estimate of drug-likeness (QED) is 0.502. The van der Waals surface area contributed by atoms with Crippen LogP contribution in [0.3, 0.4) is 0 Å². The number of anilines is 1. The number of nitrogens with one attached hydrogen (secondary N) is 1. The minimum absolute atomic E-state index is 0.0664. The van der Waals surface area contributed by atoms with Gasteiger partial charge in [-0.2, -0.15) is 0 Å². The van der Waals surface area contributed by atoms with E-state index in [0.29, 0.717) is 40.5 Å². The number of non-ortho nitro benzene ring substituents is 1. The summed E-state index contributed by atoms with van der Waals surface area (Å²) in [6.07, 6.45) is 0.770. The number of hydrogen-bond acceptors (Lipinski definition) is 6. The number of nitrogens with two attached hydrogens (primary N) is 1. The van der Waals surface area contributed by atoms with Crippen molar-refractivity contribution < 1.29 is 19.6 Å². The molecule has 0 fully saturated rings. The van der Waals surface area contributed by atoms with E-state index in [9.17, 15) is 19.7 Å². The molecule has 0 radical (unpaired) electrons. The summed E-state index contributed by atoms with van der Waals surface area (Å²) in [7, 11) is 0. The van der Waals surface area contributed by atoms with Crippen LogP contribution >= 0.6 is 11.6 Å². The van der Waals surface area contributed by atoms with Gasteiger partial charge in [0.25, 0.3) is 5.69 Å². The third kappa shape index (κ3) is 6.09. The van der Waals surface area contributed by atoms with Gasteiger partial charge in [0.05, 0.1) is 16.3 Å². The number of nitrogens with zero attached hydrogens (tertiary/aromatic N) is 2. The first-order chi connectivity index (χ1) is 13.8. The monoisotopic (exact) mass is 418 g/mol. The summed E-state index contributed by atoms with van der Waals surface area (Å²) in [4.78, 5) is 36.2. The molecular weight excluding hydrogens is 400 g/mol. The average molecular weight is 419 g/mol. The Hall–Kier alpha value is -3.30. The van der Waals surface area contributed by atoms with Crippen molar-refractivity contribution in [1.82, 2.24) is 0 Å². The number of fused-ring (bicyclic) bond motifs is 1. The first-order valence-corrected chi connectivity index (χ1v) is 9.01. The zero-order valence-electron chi connectivity index (χ0n) is 15.3. The number of amides is 1. The number of carboxylic acids is 1. The van der Waals surface area contributed by atoms with Crippen molar-refractivity contribution in [3.8, 4) is 0 Å². The molecule has 1 heterocycles. The topological polar surface area (TPSA) is 148 Å². The van der Waals surface area contributed by atoms with Crippen LogP contribution in [0, 0.1) is 10.1 Å². The molecule has 152 valence electrons. The van der Waals surface area contributed by atoms with Gasteiger partial charge in [-0.25, -0.2) is 0 Å². The average Bonchev–Trinajstić information content (AvgIpc) is 2.85. The first kappa shape index (κ1) is 22.0. The molecule has 0 aromatic heterocycles. The molecule has 0 atom stereocenters. The standard InChI is InChI=1S/C15H10ClN3O3.C4H9NO2/c16-12-4-2-1-3-10(12)15-11-7-9(19(21)22)5-6-13(11)18-14(20)8-17-15;5-3-1-2-4(6)7/h1-7H,8H2,(H,18,20);1-3,5H2,(H,6,7). The number of benzene rings is 2. The van der Waals surface area contributed by atoms with Crippen LogP contribution in [-0.4, -0.2) is 40.7 Å². The lowest BCUT2D eigenvalue weighted by Crippen LogP contribution is -2.13. The molecule has 29 heavy (non-hydrogen) atoms. The molecule has 0 saturated carbocycles. The molecule has 10 heteroatoms. The first-order valence-electron chi connectivity index (χ1n) is 8.63. The molecule has 0 bridgehead atoms. The maximum absolute atomic E-state index is 11.7. The minimum Gasteiger partial charge on any atom is -0.481 e. The zero-order valence-corrected chi connectivity index (χ0v) is 16.1. The Balaban J connectivity index is 0.000000370. The third-order valence-electron chi connectivity index (χ3n) is 3.85. The van der Waals surface area contributed by atoms with E-state index in [1.807, 2.05) is 0 Å². The van der Waals surface area contributed by atoms with E-state index < -0.39 is 10.9 Å². The van der Waals surface area contributed by atoms with Crippen molar-refractivity contribution in [2.24, 2.45) is 10.7 Å². The van der Waals surface area contributed by atoms with E-state index in [2.05, 4.69) is 10.3 Å². The van der Waals surface area contributed by atoms with Gasteiger partial charge in [0.2, 0.25) is 5.91 Å². The number of aliphatic imine (C=N–C) groups is 1. The number of rotatable bonds is 5. The number of benzodiazepines with no additional fused rings is 1. The SMILES string of the molecule is NCCCC(=O)O.O=C1CN=C(c2ccccc2Cl)c2cc([N+](=O)[O-])ccc2N1. The Labute approximate surface area is 171 Å². The minimum atomic E-state index is -0.773. The Morgan fingerprint density at radius 3 is 2.59 bits per heavy atom. The summed E-state index contributed by atoms with van der Waals surface area (Å²) in [5.41, 5.74) is 6.99. The van der Waals surface area contributed by atoms with Crippen LogP contribution < -0.4 is 11.1 Å². The van der Waals surface area contributed by atoms with Crippen molar-refractivity contribution >= 4 is 40.6 Å². The predicted molar refractivity (Wildman–Crippen MR) is 110 cm³/mol. The molecule has 0 spiro atoms. The zero-order chi connectivity index (χ0) is 21.4. The van der Waals surface area contributed by atoms with Gasteiger partial charge in [-0.05, 0) is 25.1 Å². The Morgan fingerprint density at radius 2 is 2.00 bits per heavy atom. The van der Waals surface area contributed by atoms with Gasteiger partial charge in [0.1, 0.15) is 6.54 Å². The highest BCUT2D eigenvalue weighted by atomic mass is 35.5. The molecule has 1 aliphatic heterocycles. The number of nitro benzene ring substituents is 1. The van der Waals surface area contributed by atoms with Crippen LogP contribution in [0.2, 0.25) is 5.02 Å². The number of halogens is 1. The molecule has 4 N–H and O–H groups in total. The van der Waals surface area contributed by atoms with E-state index in [1.165, 1.54) is 18.2 Å². The number of hydrogen-bond donors (Lipinski definition) is 3. The van der Waals surface area contributed by atoms with Crippen molar-refractivity contribution in [3.05, 3.63) is 68.7 Å². The lowest BCUT2D eigenvalue weighted by atomic mass is 10.00. The van der Waals surface area contributed by atoms with Gasteiger partial charge in [0.15, 0.2) is 0 Å². The van der Waals surface area contributed by atoms with Gasteiger partial charge in [-0.15, -0.1) is 0 Å². The number of carbonyl (C=O) groups is 2. The van der Waals surface area contributed by atoms with Crippen molar-refractivity contribution in [3.63, 3.8) is 0 Å². The van der Waals surface area contributed by atoms with Crippen molar-refractivity contribution in [2.45, 2.75) is 12.8 Å². The Morgan fingerprint density at radius 1 is 1.28 bits per heavy atom. The Kier molecular flexibility index (Phi) is 7.81. The summed E-state index contributed by atoms with van der Waals surface area (Å²) in [6, 6.07) is 11.3. The summed E-state index contributed by atoms with van der Waals surface area (Å²) in [5, 5.41) is 22.1. The summed E-state index contributed by atoms with van der Waals surface area (Å²) in [5.74, 6) is -1.05. The summed E-state index contributed by atoms with van der Waals surface area (Å²) in [6.45, 7) is 0.398. The van der Waals surface area contributed by atoms with Crippen LogP contribution in [0.15, 0.2) is 47.5 Å². The highest BCUT2D eigenvalue weighted by Crippen LogP contribution is 2.29. The lowest BCUT2D eigenvalue weighted by molar-refractivity contribution is -0.384. The normalized spacial score (nSPS) is 12.5. The molecule has 9 nitrogen and oxygen atoms in total. The van der Waals surface area contributed by atoms with Gasteiger partial charge in [0, 0.05) is 34.7 Å². The lowest BCUT2D eigenvalue weighted by Gasteiger charge is -2.11. The van der Waals surface area contributed by atoms with Crippen LogP contribution in [0.5, 0.6) is 0 Å². The van der Waals surface area contributed by atoms with E-state index in [1.54, 1.807) is 24.3 Å². The summed E-state index contributed by atoms with van der Waals surface area (Å²) >= 11 is 6.20. The highest BCUT2D eigenvalue weighted by Gasteiger charge is 2.22. The summed E-state index contributed by atoms with van der Waals surface area (Å²) < 4.78 is 0. The fourth-order valence-electron chi connectivity index (χ4n) is 2.51. The Bertz CT molecular complexity index is 961. The fraction of sp³-hybridized carbons (Fsp3) is 0.211. The molecule has 0 saturated heterocycles. The van der Waals surface area contributed by atoms with Gasteiger partial charge in [-0.1, -0.05) is 29.8 Å². The molecule has 3 rings (SSSR count). The third-order valence-corrected chi connectivity index (χ3v) is 4.18. The second-order valence-electron chi connectivity index (χ2n) is 5.97. The van der Waals surface area contributed by atoms with E-state index in [-0.39, 0.29) is 24.6 Å². The van der Waals surface area contributed by atoms with E-state index in [0.717, 1.165) is 0 Å². The number of carbonyl (C=O) groups excluding carboxylic acids is 1. The van der Waals surface area contributed by atoms with Gasteiger partial charge >= 0.3 is 5.97 Å². The van der Waals surface area contributed by atoms with Crippen LogP contribution in [0.25, 0.3) is 0 Å². The van der Waals surface area contributed by atoms with E-state index >= 15 is 0 Å². The van der Waals surface area contributed by atoms with Crippen molar-refractivity contribution in [2.75, 3.05) is 18.4 Å². The number of carboxylic acid groups (broad SMARTS) is 1. The number of nitro groups is 1. The highest BCUT2D eigenvalue weighted by molar-refractivity contribution is 6.36. The molecule has 0 unspecified atom stereocenters. The fourth-order valence-corrected chi connectivity index (χ4v) is 2.74. The second kappa shape index (κ2) is 10.3. The maximum Gasteiger partial charge on any atom is 0.303 e. The number of aliphatic carboxylic acids is 1. The van der Waals surface area contributed by atoms with Gasteiger partial charge < -0.3 is 16.2 Å². The smallest absolute Gasteiger partial charge is 0.303 e. The predicted octanol–water partition coefficient (Wildman–Crippen LogP) is 2.85. The van der Waals surface area contributed by atoms with Crippen molar-refractivity contribution in [1.29, 1.82) is 0 Å².